The summed E-state index contributed by atoms with van der Waals surface area (Å²) < 4.78 is 7.77. The van der Waals surface area contributed by atoms with E-state index in [0.29, 0.717) is 19.1 Å². The average Bonchev–Trinajstić information content (AvgIpc) is 3.11. The molecule has 0 fully saturated rings. The van der Waals surface area contributed by atoms with Crippen LogP contribution < -0.4 is 15.4 Å². The molecule has 1 aromatic carbocycles. The SMILES string of the molecule is CCc1nncn1CCNC(=NCC(C)C)NCCOc1ccccc1.I. The summed E-state index contributed by atoms with van der Waals surface area (Å²) in [5, 5.41) is 14.8. The van der Waals surface area contributed by atoms with Crippen molar-refractivity contribution in [3.05, 3.63) is 42.5 Å². The molecular weight excluding hydrogens is 455 g/mol. The van der Waals surface area contributed by atoms with Gasteiger partial charge in [-0.25, -0.2) is 0 Å². The van der Waals surface area contributed by atoms with E-state index in [-0.39, 0.29) is 24.0 Å². The maximum absolute atomic E-state index is 5.71. The summed E-state index contributed by atoms with van der Waals surface area (Å²) in [6.07, 6.45) is 2.65. The Morgan fingerprint density at radius 2 is 1.93 bits per heavy atom. The van der Waals surface area contributed by atoms with Gasteiger partial charge in [-0.1, -0.05) is 39.0 Å². The van der Waals surface area contributed by atoms with Gasteiger partial charge in [-0.2, -0.15) is 0 Å². The van der Waals surface area contributed by atoms with Crippen molar-refractivity contribution in [2.24, 2.45) is 10.9 Å². The van der Waals surface area contributed by atoms with Crippen molar-refractivity contribution < 1.29 is 4.74 Å². The maximum atomic E-state index is 5.71. The summed E-state index contributed by atoms with van der Waals surface area (Å²) in [4.78, 5) is 4.63. The lowest BCUT2D eigenvalue weighted by atomic mass is 10.2. The van der Waals surface area contributed by atoms with Gasteiger partial charge in [0.1, 0.15) is 24.5 Å². The third kappa shape index (κ3) is 9.07. The molecule has 150 valence electrons. The first kappa shape index (κ1) is 23.2. The van der Waals surface area contributed by atoms with Gasteiger partial charge in [0.05, 0.1) is 6.54 Å². The smallest absolute Gasteiger partial charge is 0.191 e. The van der Waals surface area contributed by atoms with Gasteiger partial charge in [0.2, 0.25) is 0 Å². The Balaban J connectivity index is 0.00000364. The molecule has 2 aromatic rings. The van der Waals surface area contributed by atoms with Gasteiger partial charge in [0.15, 0.2) is 5.96 Å². The van der Waals surface area contributed by atoms with Crippen molar-refractivity contribution in [1.29, 1.82) is 0 Å². The van der Waals surface area contributed by atoms with Crippen LogP contribution in [-0.2, 0) is 13.0 Å². The van der Waals surface area contributed by atoms with Gasteiger partial charge >= 0.3 is 0 Å². The van der Waals surface area contributed by atoms with E-state index < -0.39 is 0 Å². The van der Waals surface area contributed by atoms with Gasteiger partial charge in [-0.05, 0) is 18.1 Å². The van der Waals surface area contributed by atoms with Crippen LogP contribution in [0.15, 0.2) is 41.7 Å². The van der Waals surface area contributed by atoms with E-state index in [4.69, 9.17) is 4.74 Å². The van der Waals surface area contributed by atoms with E-state index in [9.17, 15) is 0 Å². The van der Waals surface area contributed by atoms with Gasteiger partial charge in [-0.15, -0.1) is 34.2 Å². The minimum absolute atomic E-state index is 0. The topological polar surface area (TPSA) is 76.4 Å². The largest absolute Gasteiger partial charge is 0.492 e. The first-order chi connectivity index (χ1) is 12.7. The first-order valence-corrected chi connectivity index (χ1v) is 9.25. The van der Waals surface area contributed by atoms with Gasteiger partial charge in [-0.3, -0.25) is 4.99 Å². The minimum atomic E-state index is 0. The number of ether oxygens (including phenoxy) is 1. The molecule has 0 radical (unpaired) electrons. The number of para-hydroxylation sites is 1. The summed E-state index contributed by atoms with van der Waals surface area (Å²) in [7, 11) is 0. The van der Waals surface area contributed by atoms with Crippen LogP contribution in [0, 0.1) is 5.92 Å². The van der Waals surface area contributed by atoms with Gasteiger partial charge < -0.3 is 19.9 Å². The second kappa shape index (κ2) is 13.3. The standard InChI is InChI=1S/C19H30N6O.HI/c1-4-18-24-23-15-25(18)12-10-20-19(22-14-16(2)3)21-11-13-26-17-8-6-5-7-9-17;/h5-9,15-16H,4,10-14H2,1-3H3,(H2,20,21,22);1H. The summed E-state index contributed by atoms with van der Waals surface area (Å²) in [6.45, 7) is 10.0. The van der Waals surface area contributed by atoms with Crippen molar-refractivity contribution >= 4 is 29.9 Å². The van der Waals surface area contributed by atoms with Crippen LogP contribution in [-0.4, -0.2) is 47.0 Å². The Labute approximate surface area is 179 Å². The Kier molecular flexibility index (Phi) is 11.5. The highest BCUT2D eigenvalue weighted by molar-refractivity contribution is 14.0. The molecular formula is C19H31IN6O. The Hall–Kier alpha value is -1.84. The molecule has 8 heteroatoms. The summed E-state index contributed by atoms with van der Waals surface area (Å²) in [5.41, 5.74) is 0. The molecule has 1 aromatic heterocycles. The Morgan fingerprint density at radius 1 is 1.19 bits per heavy atom. The average molecular weight is 486 g/mol. The van der Waals surface area contributed by atoms with Crippen molar-refractivity contribution in [2.45, 2.75) is 33.7 Å². The van der Waals surface area contributed by atoms with Crippen molar-refractivity contribution in [2.75, 3.05) is 26.2 Å². The number of aryl methyl sites for hydroxylation is 1. The lowest BCUT2D eigenvalue weighted by molar-refractivity contribution is 0.322. The normalized spacial score (nSPS) is 11.2. The number of nitrogens with zero attached hydrogens (tertiary/aromatic N) is 4. The maximum Gasteiger partial charge on any atom is 0.191 e. The molecule has 0 bridgehead atoms. The first-order valence-electron chi connectivity index (χ1n) is 9.25. The van der Waals surface area contributed by atoms with Crippen molar-refractivity contribution in [3.8, 4) is 5.75 Å². The van der Waals surface area contributed by atoms with E-state index in [1.54, 1.807) is 6.33 Å². The number of halogens is 1. The van der Waals surface area contributed by atoms with Crippen LogP contribution >= 0.6 is 24.0 Å². The molecule has 0 unspecified atom stereocenters. The summed E-state index contributed by atoms with van der Waals surface area (Å²) in [5.74, 6) is 3.19. The molecule has 0 aliphatic heterocycles. The Bertz CT molecular complexity index is 659. The van der Waals surface area contributed by atoms with Crippen LogP contribution in [0.2, 0.25) is 0 Å². The number of benzene rings is 1. The lowest BCUT2D eigenvalue weighted by Gasteiger charge is -2.14. The van der Waals surface area contributed by atoms with E-state index in [1.165, 1.54) is 0 Å². The molecule has 0 aliphatic rings. The molecule has 27 heavy (non-hydrogen) atoms. The van der Waals surface area contributed by atoms with Crippen LogP contribution in [0.25, 0.3) is 0 Å². The molecule has 2 N–H and O–H groups in total. The number of guanidine groups is 1. The molecule has 0 amide bonds. The van der Waals surface area contributed by atoms with Gasteiger partial charge in [0, 0.05) is 26.1 Å². The zero-order chi connectivity index (χ0) is 18.6. The van der Waals surface area contributed by atoms with Gasteiger partial charge in [0.25, 0.3) is 0 Å². The number of aromatic nitrogens is 3. The highest BCUT2D eigenvalue weighted by Gasteiger charge is 2.03. The molecule has 0 saturated carbocycles. The number of aliphatic imine (C=N–C) groups is 1. The zero-order valence-corrected chi connectivity index (χ0v) is 18.7. The fourth-order valence-electron chi connectivity index (χ4n) is 2.34. The molecule has 1 heterocycles. The fraction of sp³-hybridized carbons (Fsp3) is 0.526. The number of rotatable bonds is 10. The van der Waals surface area contributed by atoms with Crippen LogP contribution in [0.1, 0.15) is 26.6 Å². The fourth-order valence-corrected chi connectivity index (χ4v) is 2.34. The van der Waals surface area contributed by atoms with Crippen molar-refractivity contribution in [1.82, 2.24) is 25.4 Å². The molecule has 0 aliphatic carbocycles. The molecule has 0 spiro atoms. The monoisotopic (exact) mass is 486 g/mol. The molecule has 0 saturated heterocycles. The van der Waals surface area contributed by atoms with E-state index in [0.717, 1.165) is 43.6 Å². The van der Waals surface area contributed by atoms with E-state index in [2.05, 4.69) is 51.2 Å². The second-order valence-corrected chi connectivity index (χ2v) is 6.39. The van der Waals surface area contributed by atoms with E-state index in [1.807, 2.05) is 30.3 Å². The molecule has 2 rings (SSSR count). The third-order valence-electron chi connectivity index (χ3n) is 3.68. The summed E-state index contributed by atoms with van der Waals surface area (Å²) >= 11 is 0. The second-order valence-electron chi connectivity index (χ2n) is 6.39. The quantitative estimate of drug-likeness (QED) is 0.234. The number of hydrogen-bond acceptors (Lipinski definition) is 4. The predicted octanol–water partition coefficient (Wildman–Crippen LogP) is 2.73. The summed E-state index contributed by atoms with van der Waals surface area (Å²) in [6, 6.07) is 9.82. The highest BCUT2D eigenvalue weighted by Crippen LogP contribution is 2.07. The van der Waals surface area contributed by atoms with E-state index >= 15 is 0 Å². The Morgan fingerprint density at radius 3 is 2.63 bits per heavy atom. The lowest BCUT2D eigenvalue weighted by Crippen LogP contribution is -2.41. The number of nitrogens with one attached hydrogen (secondary N) is 2. The van der Waals surface area contributed by atoms with Crippen molar-refractivity contribution in [3.63, 3.8) is 0 Å². The third-order valence-corrected chi connectivity index (χ3v) is 3.68. The van der Waals surface area contributed by atoms with Crippen LogP contribution in [0.5, 0.6) is 5.75 Å². The molecule has 0 atom stereocenters. The predicted molar refractivity (Wildman–Crippen MR) is 120 cm³/mol. The number of hydrogen-bond donors (Lipinski definition) is 2. The van der Waals surface area contributed by atoms with Crippen LogP contribution in [0.3, 0.4) is 0 Å². The molecule has 7 nitrogen and oxygen atoms in total. The minimum Gasteiger partial charge on any atom is -0.492 e. The zero-order valence-electron chi connectivity index (χ0n) is 16.4. The highest BCUT2D eigenvalue weighted by atomic mass is 127. The van der Waals surface area contributed by atoms with Crippen LogP contribution in [0.4, 0.5) is 0 Å².